The summed E-state index contributed by atoms with van der Waals surface area (Å²) in [6.07, 6.45) is 15.4. The molecule has 6 aliphatic rings. The van der Waals surface area contributed by atoms with Crippen LogP contribution in [0.15, 0.2) is 48.8 Å². The highest BCUT2D eigenvalue weighted by Crippen LogP contribution is 2.77. The average molecular weight is 741 g/mol. The van der Waals surface area contributed by atoms with Gasteiger partial charge in [-0.05, 0) is 155 Å². The molecule has 1 aromatic carbocycles. The number of nitrogens with zero attached hydrogens (tertiary/aromatic N) is 4. The number of carboxylic acid groups (broad SMARTS) is 1. The summed E-state index contributed by atoms with van der Waals surface area (Å²) in [6, 6.07) is 7.60. The molecule has 1 N–H and O–H groups in total. The van der Waals surface area contributed by atoms with Gasteiger partial charge in [-0.25, -0.2) is 9.78 Å². The number of hydrogen-bond acceptors (Lipinski definition) is 5. The Morgan fingerprint density at radius 1 is 0.925 bits per heavy atom. The maximum Gasteiger partial charge on any atom is 0.335 e. The van der Waals surface area contributed by atoms with Gasteiger partial charge in [-0.15, -0.1) is 0 Å². The third-order valence-electron chi connectivity index (χ3n) is 17.3. The van der Waals surface area contributed by atoms with Gasteiger partial charge in [0.2, 0.25) is 0 Å². The zero-order valence-electron chi connectivity index (χ0n) is 33.3. The maximum absolute atomic E-state index is 12.4. The first-order chi connectivity index (χ1) is 25.0. The number of carboxylic acids is 1. The van der Waals surface area contributed by atoms with Crippen LogP contribution in [0.5, 0.6) is 0 Å². The molecule has 0 unspecified atom stereocenters. The van der Waals surface area contributed by atoms with Crippen molar-refractivity contribution < 1.29 is 14.1 Å². The Morgan fingerprint density at radius 3 is 2.32 bits per heavy atom. The van der Waals surface area contributed by atoms with Gasteiger partial charge < -0.3 is 5.11 Å². The van der Waals surface area contributed by atoms with Crippen LogP contribution >= 0.6 is 0 Å². The molecule has 5 fully saturated rings. The minimum Gasteiger partial charge on any atom is -0.478 e. The molecule has 1 aliphatic heterocycles. The first-order valence-corrected chi connectivity index (χ1v) is 22.7. The Morgan fingerprint density at radius 2 is 1.64 bits per heavy atom. The summed E-state index contributed by atoms with van der Waals surface area (Å²) < 4.78 is 14.5. The van der Waals surface area contributed by atoms with Crippen LogP contribution in [-0.2, 0) is 21.5 Å². The van der Waals surface area contributed by atoms with Crippen LogP contribution in [0.1, 0.15) is 121 Å². The van der Waals surface area contributed by atoms with Gasteiger partial charge in [-0.1, -0.05) is 65.0 Å². The maximum atomic E-state index is 12.4. The third-order valence-corrected chi connectivity index (χ3v) is 19.1. The van der Waals surface area contributed by atoms with E-state index in [0.717, 1.165) is 51.3 Å². The molecule has 7 nitrogen and oxygen atoms in total. The zero-order valence-corrected chi connectivity index (χ0v) is 34.1. The molecule has 1 saturated heterocycles. The van der Waals surface area contributed by atoms with Gasteiger partial charge in [0, 0.05) is 36.6 Å². The predicted octanol–water partition coefficient (Wildman–Crippen LogP) is 8.61. The quantitative estimate of drug-likeness (QED) is 0.226. The van der Waals surface area contributed by atoms with E-state index in [0.29, 0.717) is 46.7 Å². The van der Waals surface area contributed by atoms with E-state index in [1.54, 1.807) is 12.1 Å². The standard InChI is InChI=1S/C45H64N4O3S/c1-30(2)33-15-20-45(40-46-29-49(47-40)24-23-48-25-27-53(8,52)28-26-48)22-21-43(6)35(38(33)45)13-14-37-42(5)18-16-34(31-9-11-32(12-10-31)39(50)51)41(3,4)36(42)17-19-44(37,43)7/h9-12,16,29,33,35-38H,1,8,13-15,17-28H2,2-7H3,(H,50,51)/t33-,35+,36-,37+,38+,42-,43+,44+,45-/m0/s1. The smallest absolute Gasteiger partial charge is 0.335 e. The molecule has 0 spiro atoms. The number of aromatic nitrogens is 3. The number of aromatic carboxylic acids is 1. The van der Waals surface area contributed by atoms with Crippen molar-refractivity contribution in [3.05, 3.63) is 65.8 Å². The second-order valence-corrected chi connectivity index (χ2v) is 22.6. The van der Waals surface area contributed by atoms with E-state index < -0.39 is 15.5 Å². The van der Waals surface area contributed by atoms with E-state index in [4.69, 9.17) is 10.1 Å². The molecule has 53 heavy (non-hydrogen) atoms. The number of hydrogen-bond donors (Lipinski definition) is 1. The molecule has 0 radical (unpaired) electrons. The molecule has 0 bridgehead atoms. The molecule has 5 aliphatic carbocycles. The summed E-state index contributed by atoms with van der Waals surface area (Å²) in [5.74, 6) is 8.43. The van der Waals surface area contributed by atoms with Crippen molar-refractivity contribution >= 4 is 26.9 Å². The van der Waals surface area contributed by atoms with Crippen molar-refractivity contribution in [1.29, 1.82) is 0 Å². The van der Waals surface area contributed by atoms with Crippen molar-refractivity contribution in [2.24, 2.45) is 51.2 Å². The Hall–Kier alpha value is -2.71. The lowest BCUT2D eigenvalue weighted by atomic mass is 9.32. The van der Waals surface area contributed by atoms with Gasteiger partial charge in [0.15, 0.2) is 5.82 Å². The van der Waals surface area contributed by atoms with Crippen molar-refractivity contribution in [2.75, 3.05) is 31.1 Å². The van der Waals surface area contributed by atoms with Crippen molar-refractivity contribution in [3.8, 4) is 0 Å². The minimum absolute atomic E-state index is 0.00239. The number of benzene rings is 1. The summed E-state index contributed by atoms with van der Waals surface area (Å²) in [7, 11) is -1.89. The summed E-state index contributed by atoms with van der Waals surface area (Å²) in [4.78, 5) is 19.2. The SMILES string of the molecule is C=C(C)[C@@H]1CC[C@]2(c3ncn(CCN4CCS(=C)(=O)CC4)n3)CC[C@]3(C)[C@H](CC[C@@H]4[C@@]5(C)CC=C(c6ccc(C(=O)O)cc6)C(C)(C)[C@@H]5CC[C@]43C)[C@@H]12. The molecule has 0 amide bonds. The molecule has 9 atom stereocenters. The number of rotatable bonds is 7. The second kappa shape index (κ2) is 12.7. The van der Waals surface area contributed by atoms with Crippen LogP contribution in [-0.4, -0.2) is 72.0 Å². The normalized spacial score (nSPS) is 40.3. The third kappa shape index (κ3) is 5.60. The van der Waals surface area contributed by atoms with Crippen molar-refractivity contribution in [2.45, 2.75) is 111 Å². The summed E-state index contributed by atoms with van der Waals surface area (Å²) in [5, 5.41) is 14.8. The fourth-order valence-electron chi connectivity index (χ4n) is 14.3. The number of allylic oxidation sites excluding steroid dienone is 3. The van der Waals surface area contributed by atoms with Crippen LogP contribution in [0.4, 0.5) is 0 Å². The molecule has 8 heteroatoms. The van der Waals surface area contributed by atoms with Gasteiger partial charge in [-0.2, -0.15) is 5.10 Å². The Balaban J connectivity index is 1.07. The van der Waals surface area contributed by atoms with E-state index in [1.807, 2.05) is 18.5 Å². The summed E-state index contributed by atoms with van der Waals surface area (Å²) in [6.45, 7) is 23.3. The first-order valence-electron chi connectivity index (χ1n) is 20.6. The van der Waals surface area contributed by atoms with E-state index in [2.05, 4.69) is 69.6 Å². The average Bonchev–Trinajstić information content (AvgIpc) is 3.74. The van der Waals surface area contributed by atoms with Crippen molar-refractivity contribution in [1.82, 2.24) is 19.7 Å². The predicted molar refractivity (Wildman–Crippen MR) is 216 cm³/mol. The Kier molecular flexibility index (Phi) is 8.89. The van der Waals surface area contributed by atoms with Gasteiger partial charge in [0.25, 0.3) is 0 Å². The van der Waals surface area contributed by atoms with Crippen molar-refractivity contribution in [3.63, 3.8) is 0 Å². The number of carbonyl (C=O) groups is 1. The summed E-state index contributed by atoms with van der Waals surface area (Å²) >= 11 is 0. The lowest BCUT2D eigenvalue weighted by Gasteiger charge is -2.72. The molecule has 288 valence electrons. The van der Waals surface area contributed by atoms with Crippen LogP contribution in [0.2, 0.25) is 0 Å². The van der Waals surface area contributed by atoms with Gasteiger partial charge in [-0.3, -0.25) is 13.8 Å². The van der Waals surface area contributed by atoms with Crippen LogP contribution < -0.4 is 0 Å². The Labute approximate surface area is 319 Å². The number of fused-ring (bicyclic) bond motifs is 7. The van der Waals surface area contributed by atoms with E-state index in [-0.39, 0.29) is 27.1 Å². The molecular weight excluding hydrogens is 677 g/mol. The zero-order chi connectivity index (χ0) is 37.8. The van der Waals surface area contributed by atoms with E-state index >= 15 is 0 Å². The van der Waals surface area contributed by atoms with E-state index in [1.165, 1.54) is 55.2 Å². The second-order valence-electron chi connectivity index (χ2n) is 19.8. The fourth-order valence-corrected chi connectivity index (χ4v) is 15.7. The molecule has 4 saturated carbocycles. The van der Waals surface area contributed by atoms with Crippen LogP contribution in [0, 0.1) is 51.2 Å². The van der Waals surface area contributed by atoms with Gasteiger partial charge >= 0.3 is 5.97 Å². The monoisotopic (exact) mass is 740 g/mol. The largest absolute Gasteiger partial charge is 0.478 e. The first kappa shape index (κ1) is 37.2. The molecule has 1 aromatic heterocycles. The molecule has 8 rings (SSSR count). The highest BCUT2D eigenvalue weighted by atomic mass is 32.2. The van der Waals surface area contributed by atoms with Crippen LogP contribution in [0.3, 0.4) is 0 Å². The molecule has 2 heterocycles. The lowest BCUT2D eigenvalue weighted by molar-refractivity contribution is -0.218. The van der Waals surface area contributed by atoms with Crippen LogP contribution in [0.25, 0.3) is 5.57 Å². The lowest BCUT2D eigenvalue weighted by Crippen LogP contribution is -2.65. The molecular formula is C45H64N4O3S. The highest BCUT2D eigenvalue weighted by molar-refractivity contribution is 8.00. The summed E-state index contributed by atoms with van der Waals surface area (Å²) in [5.41, 5.74) is 4.98. The van der Waals surface area contributed by atoms with Gasteiger partial charge in [0.1, 0.15) is 6.33 Å². The highest BCUT2D eigenvalue weighted by Gasteiger charge is 2.71. The fraction of sp³-hybridized carbons (Fsp3) is 0.689. The minimum atomic E-state index is -1.89. The topological polar surface area (TPSA) is 88.3 Å². The Bertz CT molecular complexity index is 1920. The van der Waals surface area contributed by atoms with Gasteiger partial charge in [0.05, 0.1) is 12.1 Å². The van der Waals surface area contributed by atoms with E-state index in [9.17, 15) is 14.1 Å². The molecule has 2 aromatic rings.